The highest BCUT2D eigenvalue weighted by molar-refractivity contribution is 6.43. The van der Waals surface area contributed by atoms with E-state index in [9.17, 15) is 9.59 Å². The van der Waals surface area contributed by atoms with E-state index in [1.807, 2.05) is 0 Å². The predicted molar refractivity (Wildman–Crippen MR) is 93.5 cm³/mol. The van der Waals surface area contributed by atoms with Crippen molar-refractivity contribution in [2.24, 2.45) is 5.92 Å². The summed E-state index contributed by atoms with van der Waals surface area (Å²) in [5.74, 6) is 0.0279. The van der Waals surface area contributed by atoms with Crippen LogP contribution in [0.2, 0.25) is 10.0 Å². The Bertz CT molecular complexity index is 568. The average Bonchev–Trinajstić information content (AvgIpc) is 2.58. The largest absolute Gasteiger partial charge is 0.465 e. The molecule has 0 aliphatic heterocycles. The van der Waals surface area contributed by atoms with Gasteiger partial charge in [-0.05, 0) is 37.3 Å². The van der Waals surface area contributed by atoms with Gasteiger partial charge in [-0.15, -0.1) is 0 Å². The van der Waals surface area contributed by atoms with Crippen molar-refractivity contribution in [1.82, 2.24) is 0 Å². The number of carbonyl (C=O) groups is 2. The molecule has 0 aromatic heterocycles. The van der Waals surface area contributed by atoms with Crippen molar-refractivity contribution in [2.45, 2.75) is 51.4 Å². The van der Waals surface area contributed by atoms with E-state index in [4.69, 9.17) is 32.7 Å². The summed E-state index contributed by atoms with van der Waals surface area (Å²) in [5.41, 5.74) is 0. The molecule has 1 saturated carbocycles. The first-order valence-corrected chi connectivity index (χ1v) is 9.12. The fourth-order valence-electron chi connectivity index (χ4n) is 2.75. The second-order valence-electron chi connectivity index (χ2n) is 6.07. The van der Waals surface area contributed by atoms with Gasteiger partial charge in [0.25, 0.3) is 0 Å². The van der Waals surface area contributed by atoms with Gasteiger partial charge in [0.2, 0.25) is 0 Å². The van der Waals surface area contributed by atoms with Crippen molar-refractivity contribution in [1.29, 1.82) is 0 Å². The molecule has 0 atom stereocenters. The minimum Gasteiger partial charge on any atom is -0.465 e. The summed E-state index contributed by atoms with van der Waals surface area (Å²) in [7, 11) is 0. The number of rotatable bonds is 7. The summed E-state index contributed by atoms with van der Waals surface area (Å²) in [5, 5.41) is 0.535. The van der Waals surface area contributed by atoms with Gasteiger partial charge in [-0.2, -0.15) is 0 Å². The number of carbonyl (C=O) groups excluding carboxylic acids is 2. The fourth-order valence-corrected chi connectivity index (χ4v) is 3.08. The molecule has 1 aliphatic carbocycles. The van der Waals surface area contributed by atoms with Crippen LogP contribution < -0.4 is 4.74 Å². The lowest BCUT2D eigenvalue weighted by atomic mass is 9.90. The molecule has 6 heteroatoms. The van der Waals surface area contributed by atoms with Gasteiger partial charge in [0.05, 0.1) is 11.6 Å². The molecule has 24 heavy (non-hydrogen) atoms. The minimum absolute atomic E-state index is 0.126. The maximum Gasteiger partial charge on any atom is 0.311 e. The number of esters is 2. The summed E-state index contributed by atoms with van der Waals surface area (Å²) in [6.45, 7) is 0.501. The van der Waals surface area contributed by atoms with Gasteiger partial charge in [0.15, 0.2) is 5.75 Å². The molecular weight excluding hydrogens is 351 g/mol. The maximum absolute atomic E-state index is 11.8. The summed E-state index contributed by atoms with van der Waals surface area (Å²) in [6, 6.07) is 4.84. The lowest BCUT2D eigenvalue weighted by Crippen LogP contribution is -2.17. The standard InChI is InChI=1S/C18H22Cl2O4/c19-14-8-4-9-15(18(14)20)24-17(22)11-5-10-16(21)23-12-13-6-2-1-3-7-13/h4,8-9,13H,1-3,5-7,10-12H2. The van der Waals surface area contributed by atoms with Crippen LogP contribution in [0, 0.1) is 5.92 Å². The van der Waals surface area contributed by atoms with Crippen molar-refractivity contribution < 1.29 is 19.1 Å². The van der Waals surface area contributed by atoms with Crippen molar-refractivity contribution in [3.63, 3.8) is 0 Å². The molecule has 0 saturated heterocycles. The highest BCUT2D eigenvalue weighted by Gasteiger charge is 2.16. The van der Waals surface area contributed by atoms with Gasteiger partial charge in [0, 0.05) is 12.8 Å². The van der Waals surface area contributed by atoms with Crippen LogP contribution in [0.1, 0.15) is 51.4 Å². The van der Waals surface area contributed by atoms with Gasteiger partial charge >= 0.3 is 11.9 Å². The van der Waals surface area contributed by atoms with E-state index in [1.54, 1.807) is 18.2 Å². The molecule has 1 aromatic rings. The highest BCUT2D eigenvalue weighted by Crippen LogP contribution is 2.31. The number of benzene rings is 1. The smallest absolute Gasteiger partial charge is 0.311 e. The van der Waals surface area contributed by atoms with Crippen LogP contribution in [0.3, 0.4) is 0 Å². The van der Waals surface area contributed by atoms with Crippen LogP contribution in [0.5, 0.6) is 5.75 Å². The number of hydrogen-bond donors (Lipinski definition) is 0. The first-order valence-electron chi connectivity index (χ1n) is 8.36. The van der Waals surface area contributed by atoms with Crippen LogP contribution in [-0.2, 0) is 14.3 Å². The minimum atomic E-state index is -0.445. The molecule has 0 spiro atoms. The molecule has 0 unspecified atom stereocenters. The molecule has 132 valence electrons. The monoisotopic (exact) mass is 372 g/mol. The lowest BCUT2D eigenvalue weighted by molar-refractivity contribution is -0.145. The highest BCUT2D eigenvalue weighted by atomic mass is 35.5. The van der Waals surface area contributed by atoms with Crippen LogP contribution >= 0.6 is 23.2 Å². The Kier molecular flexibility index (Phi) is 7.86. The van der Waals surface area contributed by atoms with Crippen molar-refractivity contribution in [3.05, 3.63) is 28.2 Å². The SMILES string of the molecule is O=C(CCCC(=O)Oc1cccc(Cl)c1Cl)OCC1CCCCC1. The quantitative estimate of drug-likeness (QED) is 0.487. The van der Waals surface area contributed by atoms with Gasteiger partial charge in [-0.1, -0.05) is 48.5 Å². The Morgan fingerprint density at radius 3 is 2.50 bits per heavy atom. The van der Waals surface area contributed by atoms with E-state index in [-0.39, 0.29) is 29.6 Å². The Morgan fingerprint density at radius 2 is 1.75 bits per heavy atom. The van der Waals surface area contributed by atoms with Crippen LogP contribution in [0.25, 0.3) is 0 Å². The second kappa shape index (κ2) is 9.90. The number of ether oxygens (including phenoxy) is 2. The molecule has 0 radical (unpaired) electrons. The van der Waals surface area contributed by atoms with Gasteiger partial charge < -0.3 is 9.47 Å². The first kappa shape index (κ1) is 19.1. The van der Waals surface area contributed by atoms with Crippen LogP contribution in [0.15, 0.2) is 18.2 Å². The Balaban J connectivity index is 1.63. The Morgan fingerprint density at radius 1 is 1.04 bits per heavy atom. The number of halogens is 2. The zero-order valence-electron chi connectivity index (χ0n) is 13.6. The third-order valence-corrected chi connectivity index (χ3v) is 4.91. The third kappa shape index (κ3) is 6.33. The zero-order chi connectivity index (χ0) is 17.4. The van der Waals surface area contributed by atoms with Crippen LogP contribution in [0.4, 0.5) is 0 Å². The predicted octanol–water partition coefficient (Wildman–Crippen LogP) is 5.19. The van der Waals surface area contributed by atoms with E-state index in [0.29, 0.717) is 24.0 Å². The molecule has 0 N–H and O–H groups in total. The van der Waals surface area contributed by atoms with E-state index >= 15 is 0 Å². The molecule has 0 amide bonds. The van der Waals surface area contributed by atoms with E-state index in [1.165, 1.54) is 19.3 Å². The topological polar surface area (TPSA) is 52.6 Å². The molecule has 2 rings (SSSR count). The second-order valence-corrected chi connectivity index (χ2v) is 6.85. The summed E-state index contributed by atoms with van der Waals surface area (Å²) >= 11 is 11.8. The van der Waals surface area contributed by atoms with Gasteiger partial charge in [0.1, 0.15) is 5.02 Å². The van der Waals surface area contributed by atoms with Crippen LogP contribution in [-0.4, -0.2) is 18.5 Å². The lowest BCUT2D eigenvalue weighted by Gasteiger charge is -2.20. The molecule has 4 nitrogen and oxygen atoms in total. The first-order chi connectivity index (χ1) is 11.6. The van der Waals surface area contributed by atoms with E-state index in [2.05, 4.69) is 0 Å². The van der Waals surface area contributed by atoms with Crippen molar-refractivity contribution in [3.8, 4) is 5.75 Å². The zero-order valence-corrected chi connectivity index (χ0v) is 15.1. The van der Waals surface area contributed by atoms with E-state index in [0.717, 1.165) is 12.8 Å². The molecule has 1 aliphatic rings. The van der Waals surface area contributed by atoms with E-state index < -0.39 is 5.97 Å². The molecule has 1 fully saturated rings. The summed E-state index contributed by atoms with van der Waals surface area (Å²) in [6.07, 6.45) is 6.73. The molecule has 0 heterocycles. The van der Waals surface area contributed by atoms with Gasteiger partial charge in [-0.25, -0.2) is 0 Å². The fraction of sp³-hybridized carbons (Fsp3) is 0.556. The average molecular weight is 373 g/mol. The third-order valence-electron chi connectivity index (χ3n) is 4.11. The molecule has 1 aromatic carbocycles. The molecular formula is C18H22Cl2O4. The Labute approximate surface area is 152 Å². The Hall–Kier alpha value is -1.26. The number of hydrogen-bond acceptors (Lipinski definition) is 4. The summed E-state index contributed by atoms with van der Waals surface area (Å²) < 4.78 is 10.4. The van der Waals surface area contributed by atoms with Crippen molar-refractivity contribution >= 4 is 35.1 Å². The maximum atomic E-state index is 11.8. The molecule has 0 bridgehead atoms. The van der Waals surface area contributed by atoms with Crippen molar-refractivity contribution in [2.75, 3.05) is 6.61 Å². The normalized spacial score (nSPS) is 15.1. The summed E-state index contributed by atoms with van der Waals surface area (Å²) in [4.78, 5) is 23.5. The van der Waals surface area contributed by atoms with Gasteiger partial charge in [-0.3, -0.25) is 9.59 Å².